The molecule has 1 fully saturated rings. The van der Waals surface area contributed by atoms with Crippen molar-refractivity contribution < 1.29 is 13.2 Å². The highest BCUT2D eigenvalue weighted by atomic mass is 32.2. The molecule has 1 saturated heterocycles. The van der Waals surface area contributed by atoms with Gasteiger partial charge in [-0.3, -0.25) is 4.79 Å². The van der Waals surface area contributed by atoms with E-state index in [1.165, 1.54) is 5.41 Å². The molecular formula is C14H11NO3S. The molecule has 0 aliphatic carbocycles. The van der Waals surface area contributed by atoms with Gasteiger partial charge >= 0.3 is 0 Å². The van der Waals surface area contributed by atoms with Crippen LogP contribution in [0.15, 0.2) is 28.5 Å². The summed E-state index contributed by atoms with van der Waals surface area (Å²) in [6, 6.07) is 5.00. The number of hydrogen-bond acceptors (Lipinski definition) is 3. The third-order valence-electron chi connectivity index (χ3n) is 3.40. The molecule has 5 heteroatoms. The molecule has 0 radical (unpaired) electrons. The maximum absolute atomic E-state index is 11.9. The van der Waals surface area contributed by atoms with Gasteiger partial charge in [-0.1, -0.05) is 6.07 Å². The molecular weight excluding hydrogens is 262 g/mol. The van der Waals surface area contributed by atoms with E-state index >= 15 is 0 Å². The maximum atomic E-state index is 11.9. The van der Waals surface area contributed by atoms with Crippen molar-refractivity contribution in [3.05, 3.63) is 29.2 Å². The quantitative estimate of drug-likeness (QED) is 0.727. The van der Waals surface area contributed by atoms with Crippen LogP contribution in [-0.4, -0.2) is 20.9 Å². The van der Waals surface area contributed by atoms with Crippen LogP contribution in [0.3, 0.4) is 0 Å². The van der Waals surface area contributed by atoms with Crippen molar-refractivity contribution >= 4 is 27.5 Å². The second-order valence-electron chi connectivity index (χ2n) is 4.64. The van der Waals surface area contributed by atoms with Gasteiger partial charge in [-0.05, 0) is 23.8 Å². The number of nitrogens with zero attached hydrogens (tertiary/aromatic N) is 1. The fraction of sp³-hybridized carbons (Fsp3) is 0.214. The molecule has 1 amide bonds. The molecule has 0 bridgehead atoms. The van der Waals surface area contributed by atoms with Crippen LogP contribution >= 0.6 is 0 Å². The third kappa shape index (κ3) is 1.85. The number of rotatable bonds is 1. The van der Waals surface area contributed by atoms with E-state index in [0.717, 1.165) is 0 Å². The van der Waals surface area contributed by atoms with Crippen LogP contribution in [0.2, 0.25) is 0 Å². The highest BCUT2D eigenvalue weighted by Gasteiger charge is 2.31. The Labute approximate surface area is 111 Å². The summed E-state index contributed by atoms with van der Waals surface area (Å²) in [5, 5.41) is 1.18. The van der Waals surface area contributed by atoms with E-state index in [4.69, 9.17) is 6.42 Å². The van der Waals surface area contributed by atoms with Gasteiger partial charge in [0.05, 0.1) is 4.90 Å². The van der Waals surface area contributed by atoms with Crippen molar-refractivity contribution in [2.45, 2.75) is 11.3 Å². The standard InChI is InChI=1S/C14H11NO3S/c1-2-10-7-14(16)15(9-10)12-4-3-11-5-6-19(17,18)13(11)8-12/h1,3-6,8,10H,7,9H2. The first-order valence-corrected chi connectivity index (χ1v) is 7.39. The second kappa shape index (κ2) is 3.97. The zero-order chi connectivity index (χ0) is 13.6. The molecule has 19 heavy (non-hydrogen) atoms. The lowest BCUT2D eigenvalue weighted by molar-refractivity contribution is -0.117. The number of carbonyl (C=O) groups excluding carboxylic acids is 1. The van der Waals surface area contributed by atoms with Crippen molar-refractivity contribution in [3.63, 3.8) is 0 Å². The fourth-order valence-corrected chi connectivity index (χ4v) is 3.60. The first-order chi connectivity index (χ1) is 9.01. The normalized spacial score (nSPS) is 23.4. The number of amides is 1. The van der Waals surface area contributed by atoms with E-state index in [9.17, 15) is 13.2 Å². The number of hydrogen-bond donors (Lipinski definition) is 0. The van der Waals surface area contributed by atoms with E-state index in [1.807, 2.05) is 0 Å². The highest BCUT2D eigenvalue weighted by Crippen LogP contribution is 2.32. The molecule has 1 atom stereocenters. The average Bonchev–Trinajstić information content (AvgIpc) is 2.90. The Morgan fingerprint density at radius 3 is 2.84 bits per heavy atom. The van der Waals surface area contributed by atoms with Crippen LogP contribution in [0.5, 0.6) is 0 Å². The zero-order valence-corrected chi connectivity index (χ0v) is 10.9. The summed E-state index contributed by atoms with van der Waals surface area (Å²) in [6.45, 7) is 0.446. The average molecular weight is 273 g/mol. The molecule has 4 nitrogen and oxygen atoms in total. The first-order valence-electron chi connectivity index (χ1n) is 5.85. The Kier molecular flexibility index (Phi) is 2.51. The van der Waals surface area contributed by atoms with Crippen molar-refractivity contribution in [1.29, 1.82) is 0 Å². The summed E-state index contributed by atoms with van der Waals surface area (Å²) < 4.78 is 23.6. The molecule has 0 aromatic heterocycles. The van der Waals surface area contributed by atoms with Gasteiger partial charge in [-0.25, -0.2) is 8.42 Å². The van der Waals surface area contributed by atoms with Gasteiger partial charge in [0.2, 0.25) is 15.7 Å². The number of benzene rings is 1. The van der Waals surface area contributed by atoms with Gasteiger partial charge in [0.25, 0.3) is 0 Å². The van der Waals surface area contributed by atoms with Gasteiger partial charge in [0.1, 0.15) is 0 Å². The zero-order valence-electron chi connectivity index (χ0n) is 10.0. The smallest absolute Gasteiger partial charge is 0.228 e. The Bertz CT molecular complexity index is 740. The van der Waals surface area contributed by atoms with Crippen molar-refractivity contribution in [2.75, 3.05) is 11.4 Å². The number of carbonyl (C=O) groups is 1. The second-order valence-corrected chi connectivity index (χ2v) is 6.44. The molecule has 3 rings (SSSR count). The minimum absolute atomic E-state index is 0.0637. The van der Waals surface area contributed by atoms with Gasteiger partial charge < -0.3 is 4.90 Å². The van der Waals surface area contributed by atoms with E-state index in [1.54, 1.807) is 29.2 Å². The summed E-state index contributed by atoms with van der Waals surface area (Å²) >= 11 is 0. The van der Waals surface area contributed by atoms with Crippen molar-refractivity contribution in [1.82, 2.24) is 0 Å². The summed E-state index contributed by atoms with van der Waals surface area (Å²) in [5.74, 6) is 2.40. The first kappa shape index (κ1) is 12.0. The molecule has 0 N–H and O–H groups in total. The Hall–Kier alpha value is -2.06. The lowest BCUT2D eigenvalue weighted by atomic mass is 10.1. The third-order valence-corrected chi connectivity index (χ3v) is 4.86. The van der Waals surface area contributed by atoms with E-state index in [-0.39, 0.29) is 16.7 Å². The Balaban J connectivity index is 2.02. The summed E-state index contributed by atoms with van der Waals surface area (Å²) in [4.78, 5) is 13.7. The van der Waals surface area contributed by atoms with E-state index in [2.05, 4.69) is 5.92 Å². The van der Waals surface area contributed by atoms with E-state index < -0.39 is 9.84 Å². The summed E-state index contributed by atoms with van der Waals surface area (Å²) in [6.07, 6.45) is 7.21. The lowest BCUT2D eigenvalue weighted by Crippen LogP contribution is -2.24. The molecule has 1 aromatic rings. The van der Waals surface area contributed by atoms with Crippen LogP contribution in [0.25, 0.3) is 6.08 Å². The van der Waals surface area contributed by atoms with Gasteiger partial charge in [-0.15, -0.1) is 12.3 Å². The molecule has 96 valence electrons. The van der Waals surface area contributed by atoms with Crippen LogP contribution < -0.4 is 4.90 Å². The topological polar surface area (TPSA) is 54.5 Å². The Morgan fingerprint density at radius 1 is 1.37 bits per heavy atom. The fourth-order valence-electron chi connectivity index (χ4n) is 2.38. The molecule has 2 aliphatic heterocycles. The van der Waals surface area contributed by atoms with Gasteiger partial charge in [0.15, 0.2) is 0 Å². The number of terminal acetylenes is 1. The molecule has 2 aliphatic rings. The summed E-state index contributed by atoms with van der Waals surface area (Å²) in [7, 11) is -3.35. The molecule has 1 unspecified atom stereocenters. The minimum Gasteiger partial charge on any atom is -0.311 e. The maximum Gasteiger partial charge on any atom is 0.228 e. The number of anilines is 1. The van der Waals surface area contributed by atoms with Crippen LogP contribution in [0.1, 0.15) is 12.0 Å². The van der Waals surface area contributed by atoms with E-state index in [0.29, 0.717) is 24.2 Å². The molecule has 2 heterocycles. The SMILES string of the molecule is C#CC1CC(=O)N(c2ccc3c(c2)S(=O)(=O)C=C3)C1. The van der Waals surface area contributed by atoms with Gasteiger partial charge in [0, 0.05) is 30.0 Å². The Morgan fingerprint density at radius 2 is 2.16 bits per heavy atom. The van der Waals surface area contributed by atoms with Crippen LogP contribution in [0.4, 0.5) is 5.69 Å². The van der Waals surface area contributed by atoms with Crippen LogP contribution in [-0.2, 0) is 14.6 Å². The van der Waals surface area contributed by atoms with Crippen LogP contribution in [0, 0.1) is 18.3 Å². The molecule has 1 aromatic carbocycles. The molecule has 0 saturated carbocycles. The summed E-state index contributed by atoms with van der Waals surface area (Å²) in [5.41, 5.74) is 1.25. The number of sulfone groups is 1. The van der Waals surface area contributed by atoms with Crippen molar-refractivity contribution in [3.8, 4) is 12.3 Å². The molecule has 0 spiro atoms. The predicted molar refractivity (Wildman–Crippen MR) is 72.0 cm³/mol. The monoisotopic (exact) mass is 273 g/mol. The largest absolute Gasteiger partial charge is 0.311 e. The lowest BCUT2D eigenvalue weighted by Gasteiger charge is -2.16. The number of fused-ring (bicyclic) bond motifs is 1. The van der Waals surface area contributed by atoms with Crippen molar-refractivity contribution in [2.24, 2.45) is 5.92 Å². The highest BCUT2D eigenvalue weighted by molar-refractivity contribution is 7.94. The minimum atomic E-state index is -3.35. The predicted octanol–water partition coefficient (Wildman–Crippen LogP) is 1.43. The van der Waals surface area contributed by atoms with Gasteiger partial charge in [-0.2, -0.15) is 0 Å².